The second-order valence-electron chi connectivity index (χ2n) is 2.28. The first kappa shape index (κ1) is 7.92. The van der Waals surface area contributed by atoms with Crippen molar-refractivity contribution >= 4 is 0 Å². The highest BCUT2D eigenvalue weighted by molar-refractivity contribution is 4.80. The minimum atomic E-state index is 0. The van der Waals surface area contributed by atoms with E-state index in [0.717, 1.165) is 6.04 Å². The van der Waals surface area contributed by atoms with E-state index >= 15 is 0 Å². The second-order valence-corrected chi connectivity index (χ2v) is 2.28. The predicted molar refractivity (Wildman–Crippen MR) is 37.1 cm³/mol. The van der Waals surface area contributed by atoms with Crippen LogP contribution in [-0.4, -0.2) is 38.1 Å². The summed E-state index contributed by atoms with van der Waals surface area (Å²) < 4.78 is 0. The third-order valence-corrected chi connectivity index (χ3v) is 1.49. The molecule has 0 amide bonds. The fraction of sp³-hybridized carbons (Fsp3) is 1.00. The first-order chi connectivity index (χ1) is 3.30. The smallest absolute Gasteiger partial charge is 0.0339 e. The molecule has 2 heteroatoms. The van der Waals surface area contributed by atoms with Crippen LogP contribution in [0.4, 0.5) is 0 Å². The van der Waals surface area contributed by atoms with Gasteiger partial charge in [0.15, 0.2) is 0 Å². The maximum absolute atomic E-state index is 3.20. The summed E-state index contributed by atoms with van der Waals surface area (Å²) in [4.78, 5) is 2.25. The molecule has 0 bridgehead atoms. The molecule has 8 heavy (non-hydrogen) atoms. The van der Waals surface area contributed by atoms with Gasteiger partial charge in [-0.05, 0) is 14.1 Å². The van der Waals surface area contributed by atoms with Gasteiger partial charge in [-0.1, -0.05) is 7.43 Å². The zero-order valence-corrected chi connectivity index (χ0v) is 4.94. The van der Waals surface area contributed by atoms with E-state index in [2.05, 4.69) is 24.3 Å². The Morgan fingerprint density at radius 2 is 1.88 bits per heavy atom. The topological polar surface area (TPSA) is 15.3 Å². The highest BCUT2D eigenvalue weighted by atomic mass is 15.2. The van der Waals surface area contributed by atoms with Crippen LogP contribution < -0.4 is 5.32 Å². The molecule has 1 saturated heterocycles. The Kier molecular flexibility index (Phi) is 3.02. The number of hydrogen-bond acceptors (Lipinski definition) is 2. The molecule has 0 aromatic rings. The standard InChI is InChI=1S/C5H12N2.CH4/c1-7(2)5-3-6-4-5;/h5-6H,3-4H2,1-2H3;1H4. The molecular formula is C6H16N2. The molecule has 1 aliphatic rings. The molecule has 0 spiro atoms. The maximum Gasteiger partial charge on any atom is 0.0339 e. The Bertz CT molecular complexity index is 57.5. The third kappa shape index (κ3) is 1.46. The lowest BCUT2D eigenvalue weighted by Crippen LogP contribution is -2.54. The average Bonchev–Trinajstić information content (AvgIpc) is 1.23. The molecule has 0 saturated carbocycles. The third-order valence-electron chi connectivity index (χ3n) is 1.49. The van der Waals surface area contributed by atoms with Crippen LogP contribution in [0.2, 0.25) is 0 Å². The zero-order chi connectivity index (χ0) is 5.28. The molecule has 0 aliphatic carbocycles. The molecule has 50 valence electrons. The van der Waals surface area contributed by atoms with Crippen LogP contribution in [0.3, 0.4) is 0 Å². The quantitative estimate of drug-likeness (QED) is 0.525. The fourth-order valence-electron chi connectivity index (χ4n) is 0.639. The number of nitrogens with zero attached hydrogens (tertiary/aromatic N) is 1. The summed E-state index contributed by atoms with van der Waals surface area (Å²) in [6, 6.07) is 0.806. The minimum absolute atomic E-state index is 0. The minimum Gasteiger partial charge on any atom is -0.314 e. The van der Waals surface area contributed by atoms with Gasteiger partial charge in [-0.25, -0.2) is 0 Å². The summed E-state index contributed by atoms with van der Waals surface area (Å²) in [6.07, 6.45) is 0. The van der Waals surface area contributed by atoms with Crippen molar-refractivity contribution in [2.24, 2.45) is 0 Å². The Balaban J connectivity index is 0.000000490. The first-order valence-electron chi connectivity index (χ1n) is 2.68. The van der Waals surface area contributed by atoms with E-state index in [1.165, 1.54) is 13.1 Å². The van der Waals surface area contributed by atoms with E-state index in [9.17, 15) is 0 Å². The zero-order valence-electron chi connectivity index (χ0n) is 4.94. The van der Waals surface area contributed by atoms with Crippen LogP contribution in [0.25, 0.3) is 0 Å². The average molecular weight is 116 g/mol. The van der Waals surface area contributed by atoms with Gasteiger partial charge in [0.25, 0.3) is 0 Å². The summed E-state index contributed by atoms with van der Waals surface area (Å²) in [5, 5.41) is 3.20. The summed E-state index contributed by atoms with van der Waals surface area (Å²) in [5.74, 6) is 0. The van der Waals surface area contributed by atoms with Crippen LogP contribution in [0, 0.1) is 0 Å². The highest BCUT2D eigenvalue weighted by Crippen LogP contribution is 1.96. The van der Waals surface area contributed by atoms with E-state index < -0.39 is 0 Å². The van der Waals surface area contributed by atoms with Crippen molar-refractivity contribution in [3.8, 4) is 0 Å². The van der Waals surface area contributed by atoms with E-state index in [1.54, 1.807) is 0 Å². The van der Waals surface area contributed by atoms with E-state index in [0.29, 0.717) is 0 Å². The van der Waals surface area contributed by atoms with Gasteiger partial charge in [-0.2, -0.15) is 0 Å². The van der Waals surface area contributed by atoms with Gasteiger partial charge in [-0.3, -0.25) is 0 Å². The molecule has 1 N–H and O–H groups in total. The first-order valence-corrected chi connectivity index (χ1v) is 2.68. The molecule has 1 rings (SSSR count). The molecular weight excluding hydrogens is 100 g/mol. The van der Waals surface area contributed by atoms with Crippen molar-refractivity contribution in [1.82, 2.24) is 10.2 Å². The molecule has 0 radical (unpaired) electrons. The number of nitrogens with one attached hydrogen (secondary N) is 1. The van der Waals surface area contributed by atoms with E-state index in [-0.39, 0.29) is 7.43 Å². The van der Waals surface area contributed by atoms with Gasteiger partial charge in [-0.15, -0.1) is 0 Å². The van der Waals surface area contributed by atoms with Gasteiger partial charge in [0.1, 0.15) is 0 Å². The summed E-state index contributed by atoms with van der Waals surface area (Å²) in [5.41, 5.74) is 0. The monoisotopic (exact) mass is 116 g/mol. The van der Waals surface area contributed by atoms with Gasteiger partial charge in [0, 0.05) is 19.1 Å². The molecule has 0 aromatic heterocycles. The summed E-state index contributed by atoms with van der Waals surface area (Å²) in [6.45, 7) is 2.35. The SMILES string of the molecule is C.CN(C)C1CNC1. The molecule has 1 aliphatic heterocycles. The Morgan fingerprint density at radius 3 is 1.88 bits per heavy atom. The molecule has 1 heterocycles. The number of rotatable bonds is 1. The molecule has 0 atom stereocenters. The Hall–Kier alpha value is -0.0800. The van der Waals surface area contributed by atoms with Crippen LogP contribution in [-0.2, 0) is 0 Å². The van der Waals surface area contributed by atoms with Crippen LogP contribution in [0.15, 0.2) is 0 Å². The van der Waals surface area contributed by atoms with Gasteiger partial charge >= 0.3 is 0 Å². The fourth-order valence-corrected chi connectivity index (χ4v) is 0.639. The van der Waals surface area contributed by atoms with Crippen molar-refractivity contribution < 1.29 is 0 Å². The predicted octanol–water partition coefficient (Wildman–Crippen LogP) is 0.156. The number of hydrogen-bond donors (Lipinski definition) is 1. The molecule has 2 nitrogen and oxygen atoms in total. The lowest BCUT2D eigenvalue weighted by Gasteiger charge is -2.32. The summed E-state index contributed by atoms with van der Waals surface area (Å²) >= 11 is 0. The van der Waals surface area contributed by atoms with Crippen molar-refractivity contribution in [1.29, 1.82) is 0 Å². The second kappa shape index (κ2) is 3.05. The molecule has 0 unspecified atom stereocenters. The normalized spacial score (nSPS) is 19.9. The van der Waals surface area contributed by atoms with E-state index in [1.807, 2.05) is 0 Å². The highest BCUT2D eigenvalue weighted by Gasteiger charge is 2.17. The Labute approximate surface area is 51.9 Å². The van der Waals surface area contributed by atoms with Crippen LogP contribution >= 0.6 is 0 Å². The van der Waals surface area contributed by atoms with Crippen LogP contribution in [0.1, 0.15) is 7.43 Å². The lowest BCUT2D eigenvalue weighted by molar-refractivity contribution is 0.216. The Morgan fingerprint density at radius 1 is 1.38 bits per heavy atom. The van der Waals surface area contributed by atoms with Gasteiger partial charge in [0.05, 0.1) is 0 Å². The van der Waals surface area contributed by atoms with Crippen LogP contribution in [0.5, 0.6) is 0 Å². The molecule has 0 aromatic carbocycles. The van der Waals surface area contributed by atoms with Crippen molar-refractivity contribution in [3.05, 3.63) is 0 Å². The summed E-state index contributed by atoms with van der Waals surface area (Å²) in [7, 11) is 4.23. The van der Waals surface area contributed by atoms with Gasteiger partial charge < -0.3 is 10.2 Å². The van der Waals surface area contributed by atoms with Gasteiger partial charge in [0.2, 0.25) is 0 Å². The lowest BCUT2D eigenvalue weighted by atomic mass is 10.2. The number of likely N-dealkylation sites (N-methyl/N-ethyl adjacent to an activating group) is 1. The van der Waals surface area contributed by atoms with Crippen molar-refractivity contribution in [2.45, 2.75) is 13.5 Å². The maximum atomic E-state index is 3.20. The largest absolute Gasteiger partial charge is 0.314 e. The van der Waals surface area contributed by atoms with E-state index in [4.69, 9.17) is 0 Å². The van der Waals surface area contributed by atoms with Crippen molar-refractivity contribution in [3.63, 3.8) is 0 Å². The van der Waals surface area contributed by atoms with Crippen molar-refractivity contribution in [2.75, 3.05) is 27.2 Å². The molecule has 1 fully saturated rings.